The predicted molar refractivity (Wildman–Crippen MR) is 131 cm³/mol. The van der Waals surface area contributed by atoms with Crippen molar-refractivity contribution in [3.8, 4) is 11.6 Å². The van der Waals surface area contributed by atoms with Crippen LogP contribution in [0.15, 0.2) is 22.8 Å². The summed E-state index contributed by atoms with van der Waals surface area (Å²) >= 11 is 0. The second-order valence-corrected chi connectivity index (χ2v) is 10.4. The highest BCUT2D eigenvalue weighted by molar-refractivity contribution is 5.85. The zero-order chi connectivity index (χ0) is 26.5. The van der Waals surface area contributed by atoms with Crippen molar-refractivity contribution in [3.63, 3.8) is 0 Å². The molecule has 1 aliphatic carbocycles. The molecule has 2 aliphatic heterocycles. The van der Waals surface area contributed by atoms with Crippen molar-refractivity contribution in [2.24, 2.45) is 5.41 Å². The minimum Gasteiger partial charge on any atom is -0.461 e. The minimum atomic E-state index is -4.20. The molecule has 0 spiro atoms. The number of rotatable bonds is 5. The van der Waals surface area contributed by atoms with Crippen molar-refractivity contribution in [1.29, 1.82) is 0 Å². The van der Waals surface area contributed by atoms with Crippen LogP contribution in [0.5, 0.6) is 0 Å². The Bertz CT molecular complexity index is 1300. The Hall–Kier alpha value is -3.42. The number of fused-ring (bicyclic) bond motifs is 1. The summed E-state index contributed by atoms with van der Waals surface area (Å²) in [5.74, 6) is 1.37. The summed E-state index contributed by atoms with van der Waals surface area (Å²) in [6.07, 6.45) is 0.347. The molecule has 2 saturated heterocycles. The molecule has 0 bridgehead atoms. The van der Waals surface area contributed by atoms with Crippen molar-refractivity contribution in [2.75, 3.05) is 49.9 Å². The Kier molecular flexibility index (Phi) is 6.16. The van der Waals surface area contributed by atoms with Gasteiger partial charge in [-0.05, 0) is 37.8 Å². The van der Waals surface area contributed by atoms with Gasteiger partial charge < -0.3 is 20.0 Å². The van der Waals surface area contributed by atoms with E-state index in [1.54, 1.807) is 17.0 Å². The summed E-state index contributed by atoms with van der Waals surface area (Å²) in [4.78, 5) is 32.3. The van der Waals surface area contributed by atoms with Gasteiger partial charge in [0.05, 0.1) is 11.7 Å². The highest BCUT2D eigenvalue weighted by Gasteiger charge is 2.56. The first-order valence-corrected chi connectivity index (χ1v) is 13.0. The molecule has 3 aromatic rings. The molecule has 5 heterocycles. The standard InChI is InChI=1S/C24H30F3N9O2/c25-24(26,27)23(7-1-2-8-23)15-33-10-12-34(13-11-33)19(37)16-5-3-9-35(16)21-30-20(28)36-22(31-21)29-18(32-36)17-6-4-14-38-17/h4,6,14,16H,1-3,5,7-13,15H2,(H2,28,29,30,31,32)/t16-/m0/s1. The van der Waals surface area contributed by atoms with Gasteiger partial charge in [0.15, 0.2) is 5.76 Å². The Morgan fingerprint density at radius 2 is 1.84 bits per heavy atom. The highest BCUT2D eigenvalue weighted by atomic mass is 19.4. The maximum atomic E-state index is 13.9. The third-order valence-corrected chi connectivity index (χ3v) is 8.13. The molecule has 0 unspecified atom stereocenters. The summed E-state index contributed by atoms with van der Waals surface area (Å²) in [7, 11) is 0. The lowest BCUT2D eigenvalue weighted by Gasteiger charge is -2.42. The van der Waals surface area contributed by atoms with Crippen LogP contribution in [0.4, 0.5) is 25.1 Å². The fraction of sp³-hybridized carbons (Fsp3) is 0.625. The number of halogens is 3. The zero-order valence-electron chi connectivity index (χ0n) is 20.9. The summed E-state index contributed by atoms with van der Waals surface area (Å²) in [6.45, 7) is 2.26. The molecule has 0 aromatic carbocycles. The topological polar surface area (TPSA) is 122 Å². The SMILES string of the molecule is Nc1nc(N2CCC[C@H]2C(=O)N2CCN(CC3(C(F)(F)F)CCCC3)CC2)nc2nc(-c3ccco3)nn12. The van der Waals surface area contributed by atoms with E-state index in [9.17, 15) is 18.0 Å². The number of nitrogens with two attached hydrogens (primary N) is 1. The monoisotopic (exact) mass is 533 g/mol. The highest BCUT2D eigenvalue weighted by Crippen LogP contribution is 2.51. The molecule has 3 aliphatic rings. The molecule has 1 amide bonds. The maximum Gasteiger partial charge on any atom is 0.395 e. The van der Waals surface area contributed by atoms with Gasteiger partial charge in [-0.1, -0.05) is 12.8 Å². The molecule has 14 heteroatoms. The van der Waals surface area contributed by atoms with Gasteiger partial charge in [-0.15, -0.1) is 5.10 Å². The van der Waals surface area contributed by atoms with Crippen LogP contribution in [0, 0.1) is 5.41 Å². The average molecular weight is 534 g/mol. The second-order valence-electron chi connectivity index (χ2n) is 10.4. The molecular formula is C24H30F3N9O2. The van der Waals surface area contributed by atoms with E-state index in [2.05, 4.69) is 20.1 Å². The van der Waals surface area contributed by atoms with Gasteiger partial charge in [-0.2, -0.15) is 32.6 Å². The first kappa shape index (κ1) is 24.9. The first-order chi connectivity index (χ1) is 18.2. The van der Waals surface area contributed by atoms with E-state index in [1.165, 1.54) is 10.8 Å². The Balaban J connectivity index is 1.14. The van der Waals surface area contributed by atoms with E-state index in [0.29, 0.717) is 69.5 Å². The molecule has 6 rings (SSSR count). The van der Waals surface area contributed by atoms with Crippen molar-refractivity contribution in [3.05, 3.63) is 18.4 Å². The molecule has 2 N–H and O–H groups in total. The lowest BCUT2D eigenvalue weighted by atomic mass is 9.84. The van der Waals surface area contributed by atoms with Crippen LogP contribution in [-0.4, -0.2) is 91.8 Å². The van der Waals surface area contributed by atoms with Crippen molar-refractivity contribution >= 4 is 23.6 Å². The number of nitrogen functional groups attached to an aromatic ring is 1. The smallest absolute Gasteiger partial charge is 0.395 e. The quantitative estimate of drug-likeness (QED) is 0.527. The van der Waals surface area contributed by atoms with Gasteiger partial charge in [0.2, 0.25) is 23.6 Å². The van der Waals surface area contributed by atoms with Crippen LogP contribution < -0.4 is 10.6 Å². The predicted octanol–water partition coefficient (Wildman–Crippen LogP) is 2.60. The van der Waals surface area contributed by atoms with Crippen LogP contribution >= 0.6 is 0 Å². The summed E-state index contributed by atoms with van der Waals surface area (Å²) in [6, 6.07) is 2.99. The molecule has 38 heavy (non-hydrogen) atoms. The minimum absolute atomic E-state index is 0.0135. The zero-order valence-corrected chi connectivity index (χ0v) is 20.9. The Morgan fingerprint density at radius 3 is 2.53 bits per heavy atom. The van der Waals surface area contributed by atoms with Crippen LogP contribution in [0.2, 0.25) is 0 Å². The summed E-state index contributed by atoms with van der Waals surface area (Å²) in [5, 5.41) is 4.31. The van der Waals surface area contributed by atoms with E-state index in [-0.39, 0.29) is 37.0 Å². The maximum absolute atomic E-state index is 13.9. The van der Waals surface area contributed by atoms with Gasteiger partial charge in [0, 0.05) is 39.3 Å². The molecule has 0 radical (unpaired) electrons. The Morgan fingerprint density at radius 1 is 1.08 bits per heavy atom. The van der Waals surface area contributed by atoms with Gasteiger partial charge in [0.25, 0.3) is 5.78 Å². The van der Waals surface area contributed by atoms with E-state index in [1.807, 2.05) is 9.80 Å². The number of anilines is 2. The number of furan rings is 1. The fourth-order valence-corrected chi connectivity index (χ4v) is 6.04. The summed E-state index contributed by atoms with van der Waals surface area (Å²) in [5.41, 5.74) is 4.54. The number of carbonyl (C=O) groups is 1. The first-order valence-electron chi connectivity index (χ1n) is 13.0. The number of carbonyl (C=O) groups excluding carboxylic acids is 1. The third-order valence-electron chi connectivity index (χ3n) is 8.13. The second kappa shape index (κ2) is 9.40. The van der Waals surface area contributed by atoms with E-state index >= 15 is 0 Å². The van der Waals surface area contributed by atoms with Crippen LogP contribution in [-0.2, 0) is 4.79 Å². The van der Waals surface area contributed by atoms with Gasteiger partial charge >= 0.3 is 6.18 Å². The van der Waals surface area contributed by atoms with Crippen molar-refractivity contribution < 1.29 is 22.4 Å². The fourth-order valence-electron chi connectivity index (χ4n) is 6.04. The molecular weight excluding hydrogens is 503 g/mol. The number of nitrogens with zero attached hydrogens (tertiary/aromatic N) is 8. The summed E-state index contributed by atoms with van der Waals surface area (Å²) < 4.78 is 48.2. The van der Waals surface area contributed by atoms with E-state index in [4.69, 9.17) is 10.2 Å². The molecule has 3 aromatic heterocycles. The molecule has 1 atom stereocenters. The molecule has 1 saturated carbocycles. The van der Waals surface area contributed by atoms with Crippen LogP contribution in [0.25, 0.3) is 17.4 Å². The normalized spacial score (nSPS) is 22.6. The van der Waals surface area contributed by atoms with Crippen LogP contribution in [0.1, 0.15) is 38.5 Å². The molecule has 11 nitrogen and oxygen atoms in total. The van der Waals surface area contributed by atoms with Gasteiger partial charge in [-0.3, -0.25) is 9.69 Å². The van der Waals surface area contributed by atoms with Crippen LogP contribution in [0.3, 0.4) is 0 Å². The van der Waals surface area contributed by atoms with Gasteiger partial charge in [0.1, 0.15) is 6.04 Å². The van der Waals surface area contributed by atoms with Gasteiger partial charge in [-0.25, -0.2) is 0 Å². The number of amides is 1. The number of hydrogen-bond donors (Lipinski definition) is 1. The molecule has 3 fully saturated rings. The van der Waals surface area contributed by atoms with E-state index in [0.717, 1.165) is 6.42 Å². The van der Waals surface area contributed by atoms with Crippen molar-refractivity contribution in [2.45, 2.75) is 50.7 Å². The van der Waals surface area contributed by atoms with E-state index < -0.39 is 17.6 Å². The number of aromatic nitrogens is 5. The lowest BCUT2D eigenvalue weighted by Crippen LogP contribution is -2.56. The number of alkyl halides is 3. The van der Waals surface area contributed by atoms with Crippen molar-refractivity contribution in [1.82, 2.24) is 34.4 Å². The molecule has 204 valence electrons. The lowest BCUT2D eigenvalue weighted by molar-refractivity contribution is -0.228. The number of piperazine rings is 1. The average Bonchev–Trinajstić information content (AvgIpc) is 3.69. The Labute approximate surface area is 216 Å². The third kappa shape index (κ3) is 4.33. The largest absolute Gasteiger partial charge is 0.461 e. The number of hydrogen-bond acceptors (Lipinski definition) is 9.